The molecule has 2 aromatic carbocycles. The fourth-order valence-corrected chi connectivity index (χ4v) is 4.08. The molecule has 0 unspecified atom stereocenters. The number of nitrogens with zero attached hydrogens (tertiary/aromatic N) is 1. The molecule has 0 saturated heterocycles. The van der Waals surface area contributed by atoms with Gasteiger partial charge in [0, 0.05) is 42.1 Å². The second kappa shape index (κ2) is 9.50. The van der Waals surface area contributed by atoms with Gasteiger partial charge in [-0.1, -0.05) is 12.1 Å². The zero-order valence-corrected chi connectivity index (χ0v) is 16.9. The van der Waals surface area contributed by atoms with Gasteiger partial charge in [0.15, 0.2) is 0 Å². The third-order valence-corrected chi connectivity index (χ3v) is 5.60. The summed E-state index contributed by atoms with van der Waals surface area (Å²) in [4.78, 5) is 27.8. The Morgan fingerprint density at radius 2 is 1.93 bits per heavy atom. The Balaban J connectivity index is 1.53. The number of anilines is 1. The fourth-order valence-electron chi connectivity index (χ4n) is 3.09. The quantitative estimate of drug-likeness (QED) is 0.773. The number of nitrogens with one attached hydrogen (secondary N) is 1. The van der Waals surface area contributed by atoms with E-state index >= 15 is 0 Å². The Hall–Kier alpha value is -2.67. The molecule has 1 heterocycles. The van der Waals surface area contributed by atoms with Crippen molar-refractivity contribution in [3.05, 3.63) is 48.0 Å². The van der Waals surface area contributed by atoms with Crippen LogP contribution in [-0.2, 0) is 16.1 Å². The number of hydrogen-bond donors (Lipinski definition) is 1. The summed E-state index contributed by atoms with van der Waals surface area (Å²) in [6, 6.07) is 13.3. The van der Waals surface area contributed by atoms with E-state index in [0.717, 1.165) is 21.9 Å². The third kappa shape index (κ3) is 4.78. The van der Waals surface area contributed by atoms with Gasteiger partial charge in [-0.25, -0.2) is 0 Å². The molecule has 7 heteroatoms. The molecule has 2 amide bonds. The van der Waals surface area contributed by atoms with Crippen molar-refractivity contribution < 1.29 is 19.1 Å². The molecule has 0 aromatic heterocycles. The van der Waals surface area contributed by atoms with Gasteiger partial charge in [0.1, 0.15) is 11.5 Å². The number of carbonyl (C=O) groups is 2. The van der Waals surface area contributed by atoms with Crippen LogP contribution < -0.4 is 19.7 Å². The van der Waals surface area contributed by atoms with Crippen molar-refractivity contribution in [3.8, 4) is 11.5 Å². The highest BCUT2D eigenvalue weighted by Gasteiger charge is 2.22. The van der Waals surface area contributed by atoms with E-state index < -0.39 is 0 Å². The first-order chi connectivity index (χ1) is 13.6. The number of methoxy groups -OCH3 is 2. The number of amides is 2. The Bertz CT molecular complexity index is 856. The van der Waals surface area contributed by atoms with Gasteiger partial charge in [0.25, 0.3) is 0 Å². The monoisotopic (exact) mass is 400 g/mol. The molecule has 148 valence electrons. The van der Waals surface area contributed by atoms with E-state index in [2.05, 4.69) is 5.32 Å². The molecule has 0 spiro atoms. The van der Waals surface area contributed by atoms with Crippen molar-refractivity contribution in [2.24, 2.45) is 0 Å². The zero-order chi connectivity index (χ0) is 19.9. The van der Waals surface area contributed by atoms with E-state index in [1.807, 2.05) is 30.3 Å². The predicted octanol–water partition coefficient (Wildman–Crippen LogP) is 3.24. The summed E-state index contributed by atoms with van der Waals surface area (Å²) in [6.07, 6.45) is 0.330. The minimum Gasteiger partial charge on any atom is -0.497 e. The maximum Gasteiger partial charge on any atom is 0.227 e. The summed E-state index contributed by atoms with van der Waals surface area (Å²) >= 11 is 1.75. The molecule has 0 radical (unpaired) electrons. The number of ether oxygens (including phenoxy) is 2. The van der Waals surface area contributed by atoms with E-state index in [0.29, 0.717) is 24.6 Å². The average molecular weight is 401 g/mol. The number of para-hydroxylation sites is 1. The van der Waals surface area contributed by atoms with Crippen LogP contribution in [0.3, 0.4) is 0 Å². The topological polar surface area (TPSA) is 67.9 Å². The minimum absolute atomic E-state index is 0.0261. The van der Waals surface area contributed by atoms with Crippen LogP contribution in [0.2, 0.25) is 0 Å². The molecule has 1 aliphatic rings. The van der Waals surface area contributed by atoms with Gasteiger partial charge in [-0.05, 0) is 30.3 Å². The van der Waals surface area contributed by atoms with Gasteiger partial charge in [-0.2, -0.15) is 0 Å². The summed E-state index contributed by atoms with van der Waals surface area (Å²) in [7, 11) is 3.17. The van der Waals surface area contributed by atoms with E-state index in [9.17, 15) is 9.59 Å². The van der Waals surface area contributed by atoms with Gasteiger partial charge in [0.2, 0.25) is 11.8 Å². The highest BCUT2D eigenvalue weighted by Crippen LogP contribution is 2.34. The van der Waals surface area contributed by atoms with Crippen LogP contribution in [0.25, 0.3) is 0 Å². The van der Waals surface area contributed by atoms with Gasteiger partial charge in [-0.15, -0.1) is 11.8 Å². The number of benzene rings is 2. The van der Waals surface area contributed by atoms with E-state index in [1.165, 1.54) is 0 Å². The van der Waals surface area contributed by atoms with Crippen molar-refractivity contribution in [1.82, 2.24) is 5.32 Å². The van der Waals surface area contributed by atoms with E-state index in [-0.39, 0.29) is 24.7 Å². The normalized spacial score (nSPS) is 12.9. The Labute approximate surface area is 169 Å². The van der Waals surface area contributed by atoms with Gasteiger partial charge < -0.3 is 19.7 Å². The van der Waals surface area contributed by atoms with Crippen LogP contribution in [0.15, 0.2) is 47.4 Å². The Morgan fingerprint density at radius 1 is 1.11 bits per heavy atom. The molecule has 0 saturated carbocycles. The molecule has 28 heavy (non-hydrogen) atoms. The van der Waals surface area contributed by atoms with Gasteiger partial charge in [-0.3, -0.25) is 9.59 Å². The lowest BCUT2D eigenvalue weighted by atomic mass is 10.1. The molecule has 3 rings (SSSR count). The number of thioether (sulfide) groups is 1. The molecule has 0 fully saturated rings. The summed E-state index contributed by atoms with van der Waals surface area (Å²) in [6.45, 7) is 0.986. The lowest BCUT2D eigenvalue weighted by molar-refractivity contribution is -0.125. The van der Waals surface area contributed by atoms with Gasteiger partial charge >= 0.3 is 0 Å². The van der Waals surface area contributed by atoms with Crippen molar-refractivity contribution in [3.63, 3.8) is 0 Å². The fraction of sp³-hybridized carbons (Fsp3) is 0.333. The second-order valence-electron chi connectivity index (χ2n) is 6.32. The van der Waals surface area contributed by atoms with Crippen LogP contribution in [0.4, 0.5) is 5.69 Å². The standard InChI is InChI=1S/C21H24N2O4S/c1-26-16-7-8-18(27-2)15(13-16)14-22-20(24)9-10-21(25)23-11-12-28-19-6-4-3-5-17(19)23/h3-8,13H,9-12,14H2,1-2H3,(H,22,24). The largest absolute Gasteiger partial charge is 0.497 e. The highest BCUT2D eigenvalue weighted by atomic mass is 32.2. The summed E-state index contributed by atoms with van der Waals surface area (Å²) in [5, 5.41) is 2.85. The molecule has 2 aromatic rings. The van der Waals surface area contributed by atoms with Crippen LogP contribution in [0.1, 0.15) is 18.4 Å². The molecule has 0 bridgehead atoms. The maximum atomic E-state index is 12.6. The SMILES string of the molecule is COc1ccc(OC)c(CNC(=O)CCC(=O)N2CCSc3ccccc32)c1. The van der Waals surface area contributed by atoms with Gasteiger partial charge in [0.05, 0.1) is 19.9 Å². The Morgan fingerprint density at radius 3 is 2.71 bits per heavy atom. The number of fused-ring (bicyclic) bond motifs is 1. The molecule has 0 aliphatic carbocycles. The van der Waals surface area contributed by atoms with E-state index in [1.54, 1.807) is 43.0 Å². The van der Waals surface area contributed by atoms with E-state index in [4.69, 9.17) is 9.47 Å². The number of rotatable bonds is 7. The lowest BCUT2D eigenvalue weighted by Crippen LogP contribution is -2.36. The second-order valence-corrected chi connectivity index (χ2v) is 7.45. The summed E-state index contributed by atoms with van der Waals surface area (Å²) in [5.74, 6) is 2.05. The Kier molecular flexibility index (Phi) is 6.81. The third-order valence-electron chi connectivity index (χ3n) is 4.56. The van der Waals surface area contributed by atoms with Crippen molar-refractivity contribution in [2.75, 3.05) is 31.4 Å². The first-order valence-electron chi connectivity index (χ1n) is 9.12. The average Bonchev–Trinajstić information content (AvgIpc) is 2.75. The van der Waals surface area contributed by atoms with Crippen LogP contribution in [-0.4, -0.2) is 38.3 Å². The first-order valence-corrected chi connectivity index (χ1v) is 10.1. The van der Waals surface area contributed by atoms with Crippen LogP contribution in [0.5, 0.6) is 11.5 Å². The minimum atomic E-state index is -0.169. The first kappa shape index (κ1) is 20.1. The summed E-state index contributed by atoms with van der Waals surface area (Å²) in [5.41, 5.74) is 1.76. The van der Waals surface area contributed by atoms with Crippen molar-refractivity contribution in [2.45, 2.75) is 24.3 Å². The molecule has 6 nitrogen and oxygen atoms in total. The molecule has 1 aliphatic heterocycles. The maximum absolute atomic E-state index is 12.6. The molecular weight excluding hydrogens is 376 g/mol. The number of hydrogen-bond acceptors (Lipinski definition) is 5. The zero-order valence-electron chi connectivity index (χ0n) is 16.1. The van der Waals surface area contributed by atoms with Crippen molar-refractivity contribution in [1.29, 1.82) is 0 Å². The summed E-state index contributed by atoms with van der Waals surface area (Å²) < 4.78 is 10.5. The molecule has 0 atom stereocenters. The van der Waals surface area contributed by atoms with Crippen molar-refractivity contribution >= 4 is 29.3 Å². The van der Waals surface area contributed by atoms with Crippen LogP contribution >= 0.6 is 11.8 Å². The molecule has 1 N–H and O–H groups in total. The lowest BCUT2D eigenvalue weighted by Gasteiger charge is -2.29. The smallest absolute Gasteiger partial charge is 0.227 e. The highest BCUT2D eigenvalue weighted by molar-refractivity contribution is 7.99. The molecular formula is C21H24N2O4S. The number of carbonyl (C=O) groups excluding carboxylic acids is 2. The van der Waals surface area contributed by atoms with Crippen LogP contribution in [0, 0.1) is 0 Å². The predicted molar refractivity (Wildman–Crippen MR) is 110 cm³/mol.